The van der Waals surface area contributed by atoms with Gasteiger partial charge in [-0.05, 0) is 19.5 Å². The van der Waals surface area contributed by atoms with Gasteiger partial charge in [-0.25, -0.2) is 0 Å². The van der Waals surface area contributed by atoms with Gasteiger partial charge in [0, 0.05) is 0 Å². The van der Waals surface area contributed by atoms with Crippen LogP contribution in [0.4, 0.5) is 0 Å². The summed E-state index contributed by atoms with van der Waals surface area (Å²) in [6.45, 7) is 1.85. The predicted octanol–water partition coefficient (Wildman–Crippen LogP) is -1.15. The average Bonchev–Trinajstić information content (AvgIpc) is 1.69. The summed E-state index contributed by atoms with van der Waals surface area (Å²) in [5.41, 5.74) is 0. The first kappa shape index (κ1) is 5.03. The van der Waals surface area contributed by atoms with E-state index in [9.17, 15) is 0 Å². The summed E-state index contributed by atoms with van der Waals surface area (Å²) in [5.74, 6) is 0. The van der Waals surface area contributed by atoms with Gasteiger partial charge in [-0.3, -0.25) is 10.6 Å². The molecule has 7 heavy (non-hydrogen) atoms. The smallest absolute Gasteiger partial charge is 0.160 e. The summed E-state index contributed by atoms with van der Waals surface area (Å²) < 4.78 is 0. The molecule has 1 aliphatic heterocycles. The second kappa shape index (κ2) is 2.26. The fourth-order valence-electron chi connectivity index (χ4n) is 0.638. The standard InChI is InChI=1S/C4H10N2O/c7-4-5-2-1-3-6-4/h4-7H,1-3H2. The van der Waals surface area contributed by atoms with Crippen molar-refractivity contribution in [2.75, 3.05) is 13.1 Å². The molecule has 0 aliphatic carbocycles. The molecule has 0 atom stereocenters. The Bertz CT molecular complexity index is 51.7. The van der Waals surface area contributed by atoms with E-state index in [1.54, 1.807) is 0 Å². The maximum absolute atomic E-state index is 8.69. The highest BCUT2D eigenvalue weighted by Gasteiger charge is 2.04. The van der Waals surface area contributed by atoms with Crippen LogP contribution in [0.5, 0.6) is 0 Å². The zero-order chi connectivity index (χ0) is 5.11. The lowest BCUT2D eigenvalue weighted by Gasteiger charge is -2.19. The summed E-state index contributed by atoms with van der Waals surface area (Å²) in [4.78, 5) is 0. The third-order valence-corrected chi connectivity index (χ3v) is 1.03. The molecule has 0 spiro atoms. The Labute approximate surface area is 42.7 Å². The van der Waals surface area contributed by atoms with E-state index in [1.165, 1.54) is 0 Å². The Morgan fingerprint density at radius 1 is 1.29 bits per heavy atom. The lowest BCUT2D eigenvalue weighted by atomic mass is 10.4. The lowest BCUT2D eigenvalue weighted by Crippen LogP contribution is -2.47. The largest absolute Gasteiger partial charge is 0.365 e. The molecule has 0 aromatic rings. The maximum Gasteiger partial charge on any atom is 0.160 e. The summed E-state index contributed by atoms with van der Waals surface area (Å²) in [6.07, 6.45) is 0.644. The number of nitrogens with one attached hydrogen (secondary N) is 2. The van der Waals surface area contributed by atoms with Gasteiger partial charge in [0.2, 0.25) is 0 Å². The number of rotatable bonds is 0. The molecular weight excluding hydrogens is 92.1 g/mol. The molecule has 0 unspecified atom stereocenters. The van der Waals surface area contributed by atoms with E-state index in [4.69, 9.17) is 5.11 Å². The van der Waals surface area contributed by atoms with Crippen molar-refractivity contribution >= 4 is 0 Å². The third kappa shape index (κ3) is 1.43. The monoisotopic (exact) mass is 102 g/mol. The van der Waals surface area contributed by atoms with Crippen molar-refractivity contribution in [1.29, 1.82) is 0 Å². The highest BCUT2D eigenvalue weighted by Crippen LogP contribution is 1.82. The van der Waals surface area contributed by atoms with Crippen LogP contribution in [-0.4, -0.2) is 24.5 Å². The van der Waals surface area contributed by atoms with Crippen LogP contribution in [0.3, 0.4) is 0 Å². The van der Waals surface area contributed by atoms with Gasteiger partial charge in [-0.15, -0.1) is 0 Å². The quantitative estimate of drug-likeness (QED) is 0.361. The molecule has 1 aliphatic rings. The number of hydrogen-bond donors (Lipinski definition) is 3. The summed E-state index contributed by atoms with van der Waals surface area (Å²) in [7, 11) is 0. The second-order valence-electron chi connectivity index (χ2n) is 1.66. The van der Waals surface area contributed by atoms with Crippen molar-refractivity contribution in [3.63, 3.8) is 0 Å². The van der Waals surface area contributed by atoms with Crippen LogP contribution in [0.25, 0.3) is 0 Å². The Hall–Kier alpha value is -0.120. The van der Waals surface area contributed by atoms with Crippen LogP contribution in [0, 0.1) is 0 Å². The summed E-state index contributed by atoms with van der Waals surface area (Å²) in [5, 5.41) is 14.3. The van der Waals surface area contributed by atoms with E-state index < -0.39 is 6.35 Å². The zero-order valence-corrected chi connectivity index (χ0v) is 4.15. The molecule has 3 heteroatoms. The Morgan fingerprint density at radius 2 is 1.86 bits per heavy atom. The fourth-order valence-corrected chi connectivity index (χ4v) is 0.638. The Balaban J connectivity index is 2.12. The maximum atomic E-state index is 8.69. The van der Waals surface area contributed by atoms with E-state index in [1.807, 2.05) is 0 Å². The molecular formula is C4H10N2O. The molecule has 1 fully saturated rings. The first-order valence-corrected chi connectivity index (χ1v) is 2.54. The molecule has 0 aromatic heterocycles. The number of aliphatic hydroxyl groups is 1. The zero-order valence-electron chi connectivity index (χ0n) is 4.15. The first-order valence-electron chi connectivity index (χ1n) is 2.54. The minimum atomic E-state index is -0.464. The van der Waals surface area contributed by atoms with E-state index >= 15 is 0 Å². The summed E-state index contributed by atoms with van der Waals surface area (Å²) in [6, 6.07) is 0. The minimum Gasteiger partial charge on any atom is -0.365 e. The highest BCUT2D eigenvalue weighted by atomic mass is 16.3. The van der Waals surface area contributed by atoms with Gasteiger partial charge < -0.3 is 5.11 Å². The van der Waals surface area contributed by atoms with Gasteiger partial charge >= 0.3 is 0 Å². The molecule has 1 saturated heterocycles. The fraction of sp³-hybridized carbons (Fsp3) is 1.00. The SMILES string of the molecule is OC1NCCCN1. The van der Waals surface area contributed by atoms with Crippen molar-refractivity contribution in [1.82, 2.24) is 10.6 Å². The molecule has 3 nitrogen and oxygen atoms in total. The molecule has 0 radical (unpaired) electrons. The molecule has 1 heterocycles. The average molecular weight is 102 g/mol. The van der Waals surface area contributed by atoms with E-state index in [0.717, 1.165) is 19.5 Å². The van der Waals surface area contributed by atoms with Crippen molar-refractivity contribution in [2.45, 2.75) is 12.8 Å². The van der Waals surface area contributed by atoms with Gasteiger partial charge in [-0.1, -0.05) is 0 Å². The van der Waals surface area contributed by atoms with Crippen molar-refractivity contribution < 1.29 is 5.11 Å². The predicted molar refractivity (Wildman–Crippen MR) is 26.6 cm³/mol. The first-order chi connectivity index (χ1) is 3.39. The highest BCUT2D eigenvalue weighted by molar-refractivity contribution is 4.59. The topological polar surface area (TPSA) is 44.3 Å². The van der Waals surface area contributed by atoms with E-state index in [2.05, 4.69) is 10.6 Å². The van der Waals surface area contributed by atoms with Crippen LogP contribution < -0.4 is 10.6 Å². The molecule has 0 amide bonds. The van der Waals surface area contributed by atoms with E-state index in [0.29, 0.717) is 0 Å². The van der Waals surface area contributed by atoms with Gasteiger partial charge in [0.25, 0.3) is 0 Å². The Morgan fingerprint density at radius 3 is 2.14 bits per heavy atom. The van der Waals surface area contributed by atoms with Crippen molar-refractivity contribution in [3.05, 3.63) is 0 Å². The molecule has 0 bridgehead atoms. The van der Waals surface area contributed by atoms with Crippen molar-refractivity contribution in [2.24, 2.45) is 0 Å². The summed E-state index contributed by atoms with van der Waals surface area (Å²) >= 11 is 0. The van der Waals surface area contributed by atoms with Crippen LogP contribution >= 0.6 is 0 Å². The lowest BCUT2D eigenvalue weighted by molar-refractivity contribution is 0.0855. The number of aliphatic hydroxyl groups excluding tert-OH is 1. The van der Waals surface area contributed by atoms with Crippen LogP contribution in [0.2, 0.25) is 0 Å². The van der Waals surface area contributed by atoms with Gasteiger partial charge in [-0.2, -0.15) is 0 Å². The number of hydrogen-bond acceptors (Lipinski definition) is 3. The van der Waals surface area contributed by atoms with Crippen LogP contribution in [0.15, 0.2) is 0 Å². The van der Waals surface area contributed by atoms with Gasteiger partial charge in [0.15, 0.2) is 6.35 Å². The second-order valence-corrected chi connectivity index (χ2v) is 1.66. The Kier molecular flexibility index (Phi) is 1.62. The van der Waals surface area contributed by atoms with Crippen molar-refractivity contribution in [3.8, 4) is 0 Å². The van der Waals surface area contributed by atoms with Crippen LogP contribution in [0.1, 0.15) is 6.42 Å². The molecule has 1 rings (SSSR count). The molecule has 42 valence electrons. The normalized spacial score (nSPS) is 25.3. The third-order valence-electron chi connectivity index (χ3n) is 1.03. The van der Waals surface area contributed by atoms with Gasteiger partial charge in [0.1, 0.15) is 0 Å². The molecule has 0 saturated carbocycles. The molecule has 0 aromatic carbocycles. The molecule has 3 N–H and O–H groups in total. The minimum absolute atomic E-state index is 0.464. The van der Waals surface area contributed by atoms with Gasteiger partial charge in [0.05, 0.1) is 0 Å². The van der Waals surface area contributed by atoms with E-state index in [-0.39, 0.29) is 0 Å². The van der Waals surface area contributed by atoms with Crippen LogP contribution in [-0.2, 0) is 0 Å².